The van der Waals surface area contributed by atoms with Crippen molar-refractivity contribution in [2.24, 2.45) is 5.92 Å². The number of pyridine rings is 1. The van der Waals surface area contributed by atoms with Gasteiger partial charge in [-0.1, -0.05) is 19.8 Å². The maximum absolute atomic E-state index is 4.63. The molecule has 1 saturated carbocycles. The van der Waals surface area contributed by atoms with Gasteiger partial charge in [-0.15, -0.1) is 11.8 Å². The molecule has 1 aliphatic carbocycles. The molecule has 1 atom stereocenters. The Balaban J connectivity index is 1.93. The number of hydrogen-bond donors (Lipinski definition) is 1. The Labute approximate surface area is 121 Å². The smallest absolute Gasteiger partial charge is 0.0966 e. The van der Waals surface area contributed by atoms with Crippen LogP contribution in [0.25, 0.3) is 0 Å². The van der Waals surface area contributed by atoms with Gasteiger partial charge in [0.2, 0.25) is 0 Å². The molecule has 19 heavy (non-hydrogen) atoms. The molecule has 1 aliphatic rings. The average Bonchev–Trinajstić information content (AvgIpc) is 2.87. The van der Waals surface area contributed by atoms with Crippen LogP contribution in [-0.2, 0) is 0 Å². The van der Waals surface area contributed by atoms with Crippen LogP contribution in [0.3, 0.4) is 0 Å². The van der Waals surface area contributed by atoms with Gasteiger partial charge in [0.1, 0.15) is 0 Å². The Bertz CT molecular complexity index is 379. The largest absolute Gasteiger partial charge is 0.313 e. The summed E-state index contributed by atoms with van der Waals surface area (Å²) in [5.41, 5.74) is 2.44. The number of hydrogen-bond acceptors (Lipinski definition) is 3. The van der Waals surface area contributed by atoms with Crippen molar-refractivity contribution >= 4 is 11.8 Å². The first-order valence-electron chi connectivity index (χ1n) is 7.50. The first-order chi connectivity index (χ1) is 9.19. The Morgan fingerprint density at radius 3 is 2.68 bits per heavy atom. The van der Waals surface area contributed by atoms with Gasteiger partial charge in [0.25, 0.3) is 0 Å². The van der Waals surface area contributed by atoms with E-state index in [1.807, 2.05) is 11.8 Å². The summed E-state index contributed by atoms with van der Waals surface area (Å²) in [6, 6.07) is 5.00. The number of rotatable bonds is 6. The van der Waals surface area contributed by atoms with Crippen LogP contribution >= 0.6 is 11.8 Å². The van der Waals surface area contributed by atoms with E-state index in [1.165, 1.54) is 36.3 Å². The number of aryl methyl sites for hydroxylation is 2. The first-order valence-corrected chi connectivity index (χ1v) is 8.49. The predicted molar refractivity (Wildman–Crippen MR) is 83.9 cm³/mol. The molecule has 0 aromatic carbocycles. The number of aromatic nitrogens is 1. The fraction of sp³-hybridized carbons (Fsp3) is 0.688. The topological polar surface area (TPSA) is 24.9 Å². The molecule has 0 amide bonds. The molecule has 1 unspecified atom stereocenters. The minimum atomic E-state index is 0.653. The lowest BCUT2D eigenvalue weighted by molar-refractivity contribution is 0.394. The zero-order valence-corrected chi connectivity index (χ0v) is 13.2. The van der Waals surface area contributed by atoms with E-state index in [0.29, 0.717) is 6.04 Å². The normalized spacial score (nSPS) is 17.8. The van der Waals surface area contributed by atoms with Gasteiger partial charge in [0.15, 0.2) is 0 Å². The number of nitrogens with zero attached hydrogens (tertiary/aromatic N) is 1. The predicted octanol–water partition coefficient (Wildman–Crippen LogP) is 3.96. The summed E-state index contributed by atoms with van der Waals surface area (Å²) in [6.45, 7) is 7.51. The molecule has 1 aromatic rings. The van der Waals surface area contributed by atoms with Crippen molar-refractivity contribution in [3.63, 3.8) is 0 Å². The zero-order chi connectivity index (χ0) is 13.7. The van der Waals surface area contributed by atoms with Crippen molar-refractivity contribution in [3.05, 3.63) is 23.4 Å². The second-order valence-corrected chi connectivity index (χ2v) is 6.68. The molecule has 1 fully saturated rings. The van der Waals surface area contributed by atoms with Crippen molar-refractivity contribution in [1.29, 1.82) is 0 Å². The highest BCUT2D eigenvalue weighted by atomic mass is 32.2. The van der Waals surface area contributed by atoms with E-state index in [4.69, 9.17) is 0 Å². The van der Waals surface area contributed by atoms with E-state index in [2.05, 4.69) is 43.2 Å². The van der Waals surface area contributed by atoms with Gasteiger partial charge in [-0.25, -0.2) is 4.98 Å². The van der Waals surface area contributed by atoms with Crippen LogP contribution in [-0.4, -0.2) is 23.3 Å². The van der Waals surface area contributed by atoms with Crippen molar-refractivity contribution in [1.82, 2.24) is 10.3 Å². The van der Waals surface area contributed by atoms with Gasteiger partial charge in [-0.2, -0.15) is 0 Å². The van der Waals surface area contributed by atoms with Gasteiger partial charge in [-0.3, -0.25) is 0 Å². The van der Waals surface area contributed by atoms with E-state index in [9.17, 15) is 0 Å². The third kappa shape index (κ3) is 4.50. The van der Waals surface area contributed by atoms with E-state index >= 15 is 0 Å². The number of nitrogens with one attached hydrogen (secondary N) is 1. The van der Waals surface area contributed by atoms with Crippen LogP contribution in [0.5, 0.6) is 0 Å². The molecular weight excluding hydrogens is 252 g/mol. The summed E-state index contributed by atoms with van der Waals surface area (Å²) < 4.78 is 0. The first kappa shape index (κ1) is 14.9. The van der Waals surface area contributed by atoms with Gasteiger partial charge >= 0.3 is 0 Å². The lowest BCUT2D eigenvalue weighted by Crippen LogP contribution is -2.37. The van der Waals surface area contributed by atoms with Gasteiger partial charge in [-0.05, 0) is 56.8 Å². The Kier molecular flexibility index (Phi) is 5.71. The Hall–Kier alpha value is -0.540. The summed E-state index contributed by atoms with van der Waals surface area (Å²) >= 11 is 1.91. The summed E-state index contributed by atoms with van der Waals surface area (Å²) in [7, 11) is 0. The zero-order valence-electron chi connectivity index (χ0n) is 12.4. The molecule has 1 heterocycles. The summed E-state index contributed by atoms with van der Waals surface area (Å²) in [5, 5.41) is 4.85. The highest BCUT2D eigenvalue weighted by Gasteiger charge is 2.24. The van der Waals surface area contributed by atoms with Crippen molar-refractivity contribution in [2.45, 2.75) is 57.5 Å². The van der Waals surface area contributed by atoms with Crippen LogP contribution in [0.15, 0.2) is 17.2 Å². The minimum Gasteiger partial charge on any atom is -0.313 e. The summed E-state index contributed by atoms with van der Waals surface area (Å²) in [6.07, 6.45) is 5.63. The summed E-state index contributed by atoms with van der Waals surface area (Å²) in [4.78, 5) is 4.63. The molecule has 3 heteroatoms. The lowest BCUT2D eigenvalue weighted by atomic mass is 10.00. The summed E-state index contributed by atoms with van der Waals surface area (Å²) in [5.74, 6) is 2.02. The average molecular weight is 278 g/mol. The van der Waals surface area contributed by atoms with Crippen LogP contribution in [0.1, 0.15) is 43.9 Å². The molecule has 2 nitrogen and oxygen atoms in total. The van der Waals surface area contributed by atoms with Crippen LogP contribution in [0.2, 0.25) is 0 Å². The fourth-order valence-corrected chi connectivity index (χ4v) is 4.26. The van der Waals surface area contributed by atoms with E-state index in [0.717, 1.165) is 23.9 Å². The number of thioether (sulfide) groups is 1. The maximum Gasteiger partial charge on any atom is 0.0966 e. The van der Waals surface area contributed by atoms with Gasteiger partial charge in [0, 0.05) is 17.5 Å². The lowest BCUT2D eigenvalue weighted by Gasteiger charge is -2.23. The highest BCUT2D eigenvalue weighted by molar-refractivity contribution is 7.99. The SMILES string of the molecule is CCNC(CSc1cc(C)cc(C)n1)C1CCCC1. The van der Waals surface area contributed by atoms with Crippen LogP contribution < -0.4 is 5.32 Å². The van der Waals surface area contributed by atoms with Gasteiger partial charge < -0.3 is 5.32 Å². The second-order valence-electron chi connectivity index (χ2n) is 5.64. The molecule has 1 N–H and O–H groups in total. The molecule has 106 valence electrons. The van der Waals surface area contributed by atoms with Crippen LogP contribution in [0.4, 0.5) is 0 Å². The van der Waals surface area contributed by atoms with Crippen LogP contribution in [0, 0.1) is 19.8 Å². The van der Waals surface area contributed by atoms with Crippen molar-refractivity contribution in [2.75, 3.05) is 12.3 Å². The Morgan fingerprint density at radius 1 is 1.32 bits per heavy atom. The van der Waals surface area contributed by atoms with E-state index in [1.54, 1.807) is 0 Å². The maximum atomic E-state index is 4.63. The molecular formula is C16H26N2S. The third-order valence-electron chi connectivity index (χ3n) is 3.92. The standard InChI is InChI=1S/C16H26N2S/c1-4-17-15(14-7-5-6-8-14)11-19-16-10-12(2)9-13(3)18-16/h9-10,14-15,17H,4-8,11H2,1-3H3. The fourth-order valence-electron chi connectivity index (χ4n) is 3.04. The molecule has 1 aromatic heterocycles. The quantitative estimate of drug-likeness (QED) is 0.797. The monoisotopic (exact) mass is 278 g/mol. The molecule has 0 bridgehead atoms. The molecule has 0 aliphatic heterocycles. The minimum absolute atomic E-state index is 0.653. The van der Waals surface area contributed by atoms with E-state index in [-0.39, 0.29) is 0 Å². The van der Waals surface area contributed by atoms with Crippen molar-refractivity contribution in [3.8, 4) is 0 Å². The van der Waals surface area contributed by atoms with Crippen molar-refractivity contribution < 1.29 is 0 Å². The Morgan fingerprint density at radius 2 is 2.05 bits per heavy atom. The second kappa shape index (κ2) is 7.30. The molecule has 0 spiro atoms. The molecule has 2 rings (SSSR count). The highest BCUT2D eigenvalue weighted by Crippen LogP contribution is 2.30. The van der Waals surface area contributed by atoms with Gasteiger partial charge in [0.05, 0.1) is 5.03 Å². The molecule has 0 radical (unpaired) electrons. The third-order valence-corrected chi connectivity index (χ3v) is 4.95. The van der Waals surface area contributed by atoms with E-state index < -0.39 is 0 Å². The molecule has 0 saturated heterocycles.